The minimum absolute atomic E-state index is 0.0337. The minimum Gasteiger partial charge on any atom is -0.310 e. The number of nitrogens with one attached hydrogen (secondary N) is 1. The van der Waals surface area contributed by atoms with Gasteiger partial charge >= 0.3 is 0 Å². The SMILES string of the molecule is CCNC(c1ccccc1F)C(C)c1ccncc1. The van der Waals surface area contributed by atoms with Crippen LogP contribution in [0.3, 0.4) is 0 Å². The van der Waals surface area contributed by atoms with Gasteiger partial charge in [-0.2, -0.15) is 0 Å². The smallest absolute Gasteiger partial charge is 0.127 e. The van der Waals surface area contributed by atoms with Gasteiger partial charge in [0.05, 0.1) is 0 Å². The first-order valence-electron chi connectivity index (χ1n) is 6.61. The number of hydrogen-bond donors (Lipinski definition) is 1. The maximum Gasteiger partial charge on any atom is 0.127 e. The molecular formula is C16H19FN2. The molecular weight excluding hydrogens is 239 g/mol. The molecule has 0 spiro atoms. The number of likely N-dealkylation sites (N-methyl/N-ethyl adjacent to an activating group) is 1. The zero-order valence-corrected chi connectivity index (χ0v) is 11.3. The summed E-state index contributed by atoms with van der Waals surface area (Å²) in [5, 5.41) is 3.38. The molecule has 2 aromatic rings. The highest BCUT2D eigenvalue weighted by atomic mass is 19.1. The summed E-state index contributed by atoms with van der Waals surface area (Å²) < 4.78 is 14.0. The van der Waals surface area contributed by atoms with Gasteiger partial charge in [-0.05, 0) is 30.3 Å². The standard InChI is InChI=1S/C16H19FN2/c1-3-19-16(14-6-4-5-7-15(14)17)12(2)13-8-10-18-11-9-13/h4-12,16,19H,3H2,1-2H3. The largest absolute Gasteiger partial charge is 0.310 e. The van der Waals surface area contributed by atoms with Crippen LogP contribution in [-0.4, -0.2) is 11.5 Å². The number of hydrogen-bond acceptors (Lipinski definition) is 2. The predicted octanol–water partition coefficient (Wildman–Crippen LogP) is 3.68. The molecule has 0 aliphatic heterocycles. The third-order valence-electron chi connectivity index (χ3n) is 3.40. The van der Waals surface area contributed by atoms with E-state index >= 15 is 0 Å². The highest BCUT2D eigenvalue weighted by molar-refractivity contribution is 5.27. The highest BCUT2D eigenvalue weighted by Gasteiger charge is 2.22. The molecule has 3 heteroatoms. The van der Waals surface area contributed by atoms with E-state index in [2.05, 4.69) is 17.2 Å². The van der Waals surface area contributed by atoms with Gasteiger partial charge in [0.1, 0.15) is 5.82 Å². The number of aromatic nitrogens is 1. The van der Waals surface area contributed by atoms with E-state index in [1.165, 1.54) is 6.07 Å². The molecule has 0 saturated heterocycles. The molecule has 1 N–H and O–H groups in total. The van der Waals surface area contributed by atoms with Crippen molar-refractivity contribution in [2.75, 3.05) is 6.54 Å². The summed E-state index contributed by atoms with van der Waals surface area (Å²) in [6.07, 6.45) is 3.55. The van der Waals surface area contributed by atoms with Crippen LogP contribution in [0.2, 0.25) is 0 Å². The second kappa shape index (κ2) is 6.43. The Morgan fingerprint density at radius 2 is 1.84 bits per heavy atom. The molecule has 100 valence electrons. The van der Waals surface area contributed by atoms with Gasteiger partial charge in [-0.25, -0.2) is 4.39 Å². The quantitative estimate of drug-likeness (QED) is 0.885. The van der Waals surface area contributed by atoms with Crippen molar-refractivity contribution in [2.24, 2.45) is 0 Å². The summed E-state index contributed by atoms with van der Waals surface area (Å²) in [6.45, 7) is 4.94. The molecule has 2 unspecified atom stereocenters. The molecule has 0 saturated carbocycles. The van der Waals surface area contributed by atoms with Crippen LogP contribution >= 0.6 is 0 Å². The van der Waals surface area contributed by atoms with Gasteiger partial charge in [-0.3, -0.25) is 4.98 Å². The molecule has 0 bridgehead atoms. The molecule has 19 heavy (non-hydrogen) atoms. The zero-order valence-electron chi connectivity index (χ0n) is 11.3. The lowest BCUT2D eigenvalue weighted by molar-refractivity contribution is 0.455. The fourth-order valence-corrected chi connectivity index (χ4v) is 2.36. The molecule has 1 heterocycles. The van der Waals surface area contributed by atoms with Gasteiger partial charge in [0.2, 0.25) is 0 Å². The van der Waals surface area contributed by atoms with Crippen LogP contribution in [0.15, 0.2) is 48.8 Å². The minimum atomic E-state index is -0.158. The third kappa shape index (κ3) is 3.18. The average Bonchev–Trinajstić information content (AvgIpc) is 2.46. The van der Waals surface area contributed by atoms with Crippen LogP contribution in [0.25, 0.3) is 0 Å². The third-order valence-corrected chi connectivity index (χ3v) is 3.40. The monoisotopic (exact) mass is 258 g/mol. The van der Waals surface area contributed by atoms with Crippen LogP contribution in [0.1, 0.15) is 36.9 Å². The second-order valence-electron chi connectivity index (χ2n) is 4.63. The average molecular weight is 258 g/mol. The molecule has 0 aliphatic rings. The first kappa shape index (κ1) is 13.7. The topological polar surface area (TPSA) is 24.9 Å². The number of benzene rings is 1. The summed E-state index contributed by atoms with van der Waals surface area (Å²) >= 11 is 0. The lowest BCUT2D eigenvalue weighted by Gasteiger charge is -2.26. The van der Waals surface area contributed by atoms with Gasteiger partial charge in [-0.1, -0.05) is 32.0 Å². The van der Waals surface area contributed by atoms with E-state index in [1.54, 1.807) is 18.5 Å². The maximum absolute atomic E-state index is 14.0. The van der Waals surface area contributed by atoms with Crippen LogP contribution < -0.4 is 5.32 Å². The van der Waals surface area contributed by atoms with Crippen LogP contribution in [0, 0.1) is 5.82 Å². The van der Waals surface area contributed by atoms with Crippen molar-refractivity contribution in [3.8, 4) is 0 Å². The van der Waals surface area contributed by atoms with Crippen molar-refractivity contribution < 1.29 is 4.39 Å². The van der Waals surface area contributed by atoms with E-state index in [9.17, 15) is 4.39 Å². The molecule has 2 rings (SSSR count). The Morgan fingerprint density at radius 3 is 2.47 bits per heavy atom. The Balaban J connectivity index is 2.33. The van der Waals surface area contributed by atoms with Gasteiger partial charge < -0.3 is 5.32 Å². The zero-order chi connectivity index (χ0) is 13.7. The van der Waals surface area contributed by atoms with Gasteiger partial charge in [0, 0.05) is 29.9 Å². The van der Waals surface area contributed by atoms with Crippen molar-refractivity contribution in [1.82, 2.24) is 10.3 Å². The van der Waals surface area contributed by atoms with Gasteiger partial charge in [0.25, 0.3) is 0 Å². The summed E-state index contributed by atoms with van der Waals surface area (Å²) in [4.78, 5) is 4.03. The van der Waals surface area contributed by atoms with E-state index in [0.29, 0.717) is 5.56 Å². The first-order valence-corrected chi connectivity index (χ1v) is 6.61. The Kier molecular flexibility index (Phi) is 4.63. The van der Waals surface area contributed by atoms with Crippen molar-refractivity contribution in [1.29, 1.82) is 0 Å². The number of nitrogens with zero attached hydrogens (tertiary/aromatic N) is 1. The molecule has 0 radical (unpaired) electrons. The molecule has 2 nitrogen and oxygen atoms in total. The Bertz CT molecular complexity index is 513. The molecule has 0 aliphatic carbocycles. The van der Waals surface area contributed by atoms with Crippen LogP contribution in [0.4, 0.5) is 4.39 Å². The number of pyridine rings is 1. The summed E-state index contributed by atoms with van der Waals surface area (Å²) in [6, 6.07) is 10.9. The normalized spacial score (nSPS) is 14.1. The molecule has 0 fully saturated rings. The van der Waals surface area contributed by atoms with Crippen molar-refractivity contribution in [2.45, 2.75) is 25.8 Å². The fraction of sp³-hybridized carbons (Fsp3) is 0.312. The predicted molar refractivity (Wildman–Crippen MR) is 75.5 cm³/mol. The number of halogens is 1. The van der Waals surface area contributed by atoms with Crippen molar-refractivity contribution in [3.05, 3.63) is 65.7 Å². The second-order valence-corrected chi connectivity index (χ2v) is 4.63. The number of rotatable bonds is 5. The Labute approximate surface area is 113 Å². The van der Waals surface area contributed by atoms with Gasteiger partial charge in [-0.15, -0.1) is 0 Å². The summed E-state index contributed by atoms with van der Waals surface area (Å²) in [5.41, 5.74) is 1.87. The van der Waals surface area contributed by atoms with Crippen LogP contribution in [-0.2, 0) is 0 Å². The van der Waals surface area contributed by atoms with E-state index in [0.717, 1.165) is 12.1 Å². The van der Waals surface area contributed by atoms with E-state index in [-0.39, 0.29) is 17.8 Å². The molecule has 2 atom stereocenters. The Hall–Kier alpha value is -1.74. The Morgan fingerprint density at radius 1 is 1.16 bits per heavy atom. The molecule has 1 aromatic heterocycles. The maximum atomic E-state index is 14.0. The van der Waals surface area contributed by atoms with E-state index in [4.69, 9.17) is 0 Å². The van der Waals surface area contributed by atoms with E-state index in [1.807, 2.05) is 31.2 Å². The summed E-state index contributed by atoms with van der Waals surface area (Å²) in [7, 11) is 0. The van der Waals surface area contributed by atoms with E-state index < -0.39 is 0 Å². The molecule has 0 amide bonds. The molecule has 1 aromatic carbocycles. The van der Waals surface area contributed by atoms with Gasteiger partial charge in [0.15, 0.2) is 0 Å². The van der Waals surface area contributed by atoms with Crippen molar-refractivity contribution in [3.63, 3.8) is 0 Å². The van der Waals surface area contributed by atoms with Crippen LogP contribution in [0.5, 0.6) is 0 Å². The fourth-order valence-electron chi connectivity index (χ4n) is 2.36. The first-order chi connectivity index (χ1) is 9.24. The van der Waals surface area contributed by atoms with Crippen molar-refractivity contribution >= 4 is 0 Å². The highest BCUT2D eigenvalue weighted by Crippen LogP contribution is 2.31. The lowest BCUT2D eigenvalue weighted by Crippen LogP contribution is -2.26. The lowest BCUT2D eigenvalue weighted by atomic mass is 9.88. The summed E-state index contributed by atoms with van der Waals surface area (Å²) in [5.74, 6) is 0.0224.